The molecule has 0 saturated carbocycles. The van der Waals surface area contributed by atoms with Crippen LogP contribution in [-0.4, -0.2) is 54.2 Å². The molecule has 0 fully saturated rings. The van der Waals surface area contributed by atoms with Crippen molar-refractivity contribution < 1.29 is 39.5 Å². The van der Waals surface area contributed by atoms with E-state index in [1.165, 1.54) is 154 Å². The first kappa shape index (κ1) is 50.8. The molecule has 9 nitrogen and oxygen atoms in total. The van der Waals surface area contributed by atoms with Gasteiger partial charge < -0.3 is 25.6 Å². The third-order valence-corrected chi connectivity index (χ3v) is 10.3. The number of esters is 2. The summed E-state index contributed by atoms with van der Waals surface area (Å²) in [5, 5.41) is 11.6. The molecular weight excluding hydrogens is 668 g/mol. The third kappa shape index (κ3) is 37.9. The quantitative estimate of drug-likeness (QED) is 0.0416. The highest BCUT2D eigenvalue weighted by Gasteiger charge is 2.22. The van der Waals surface area contributed by atoms with Gasteiger partial charge in [0.05, 0.1) is 13.0 Å². The molecule has 9 heteroatoms. The highest BCUT2D eigenvalue weighted by atomic mass is 16.6. The molecule has 0 heterocycles. The van der Waals surface area contributed by atoms with Crippen LogP contribution in [0.5, 0.6) is 0 Å². The Morgan fingerprint density at radius 2 is 0.849 bits per heavy atom. The van der Waals surface area contributed by atoms with Crippen LogP contribution in [-0.2, 0) is 28.7 Å². The van der Waals surface area contributed by atoms with Gasteiger partial charge in [0.1, 0.15) is 6.61 Å². The minimum Gasteiger partial charge on any atom is -0.481 e. The number of ether oxygens (including phenoxy) is 2. The minimum atomic E-state index is -0.988. The zero-order valence-electron chi connectivity index (χ0n) is 34.7. The number of unbranched alkanes of at least 4 members (excludes halogenated alkanes) is 28. The zero-order chi connectivity index (χ0) is 39.0. The second-order valence-corrected chi connectivity index (χ2v) is 15.6. The predicted octanol–water partition coefficient (Wildman–Crippen LogP) is 10.6. The fourth-order valence-corrected chi connectivity index (χ4v) is 6.71. The second kappa shape index (κ2) is 39.5. The van der Waals surface area contributed by atoms with Crippen molar-refractivity contribution in [1.29, 1.82) is 0 Å². The van der Waals surface area contributed by atoms with E-state index in [1.54, 1.807) is 0 Å². The predicted molar refractivity (Wildman–Crippen MR) is 216 cm³/mol. The summed E-state index contributed by atoms with van der Waals surface area (Å²) in [4.78, 5) is 48.5. The molecule has 1 amide bonds. The van der Waals surface area contributed by atoms with Gasteiger partial charge >= 0.3 is 17.9 Å². The lowest BCUT2D eigenvalue weighted by molar-refractivity contribution is -0.405. The second-order valence-electron chi connectivity index (χ2n) is 15.6. The van der Waals surface area contributed by atoms with E-state index in [9.17, 15) is 19.2 Å². The van der Waals surface area contributed by atoms with Gasteiger partial charge in [0, 0.05) is 19.3 Å². The maximum absolute atomic E-state index is 12.7. The summed E-state index contributed by atoms with van der Waals surface area (Å²) in [5.41, 5.74) is 3.75. The van der Waals surface area contributed by atoms with Crippen molar-refractivity contribution in [3.05, 3.63) is 0 Å². The van der Waals surface area contributed by atoms with Crippen LogP contribution in [0.3, 0.4) is 0 Å². The molecule has 0 spiro atoms. The van der Waals surface area contributed by atoms with Gasteiger partial charge in [0.15, 0.2) is 12.1 Å². The number of amides is 1. The number of aliphatic carboxylic acids is 1. The number of nitrogens with one attached hydrogen (secondary N) is 1. The van der Waals surface area contributed by atoms with Crippen molar-refractivity contribution in [3.63, 3.8) is 0 Å². The van der Waals surface area contributed by atoms with Gasteiger partial charge in [-0.3, -0.25) is 19.2 Å². The van der Waals surface area contributed by atoms with Crippen LogP contribution in [0.2, 0.25) is 0 Å². The molecule has 5 N–H and O–H groups in total. The fraction of sp³-hybridized carbons (Fsp3) is 0.909. The molecular formula is C44H85N2O7+. The lowest BCUT2D eigenvalue weighted by atomic mass is 10.0. The van der Waals surface area contributed by atoms with E-state index >= 15 is 0 Å². The number of carboxylic acids is 1. The van der Waals surface area contributed by atoms with Crippen LogP contribution >= 0.6 is 0 Å². The van der Waals surface area contributed by atoms with Gasteiger partial charge in [0.25, 0.3) is 5.91 Å². The van der Waals surface area contributed by atoms with Crippen molar-refractivity contribution >= 4 is 23.8 Å². The number of carbonyl (C=O) groups excluding carboxylic acids is 3. The maximum Gasteiger partial charge on any atom is 0.306 e. The van der Waals surface area contributed by atoms with Crippen molar-refractivity contribution in [2.75, 3.05) is 13.2 Å². The molecule has 0 saturated heterocycles. The average Bonchev–Trinajstić information content (AvgIpc) is 3.14. The number of carbonyl (C=O) groups is 4. The lowest BCUT2D eigenvalue weighted by Crippen LogP contribution is -2.67. The van der Waals surface area contributed by atoms with Crippen LogP contribution in [0, 0.1) is 0 Å². The van der Waals surface area contributed by atoms with Gasteiger partial charge in [-0.1, -0.05) is 194 Å². The first-order valence-corrected chi connectivity index (χ1v) is 22.5. The summed E-state index contributed by atoms with van der Waals surface area (Å²) in [5.74, 6) is -2.10. The molecule has 0 aliphatic carbocycles. The van der Waals surface area contributed by atoms with Gasteiger partial charge in [0.2, 0.25) is 0 Å². The summed E-state index contributed by atoms with van der Waals surface area (Å²) in [6.45, 7) is 4.38. The van der Waals surface area contributed by atoms with E-state index in [0.717, 1.165) is 38.5 Å². The topological polar surface area (TPSA) is 147 Å². The van der Waals surface area contributed by atoms with Gasteiger partial charge in [-0.15, -0.1) is 0 Å². The Balaban J connectivity index is 4.22. The molecule has 0 bridgehead atoms. The molecule has 0 aromatic heterocycles. The first-order valence-electron chi connectivity index (χ1n) is 22.5. The Hall–Kier alpha value is -2.16. The van der Waals surface area contributed by atoms with Crippen molar-refractivity contribution in [1.82, 2.24) is 5.32 Å². The summed E-state index contributed by atoms with van der Waals surface area (Å²) >= 11 is 0. The van der Waals surface area contributed by atoms with E-state index in [1.807, 2.05) is 0 Å². The van der Waals surface area contributed by atoms with Crippen molar-refractivity contribution in [2.45, 2.75) is 244 Å². The van der Waals surface area contributed by atoms with Crippen molar-refractivity contribution in [3.8, 4) is 0 Å². The molecule has 53 heavy (non-hydrogen) atoms. The number of hydrogen-bond donors (Lipinski definition) is 3. The smallest absolute Gasteiger partial charge is 0.306 e. The third-order valence-electron chi connectivity index (χ3n) is 10.3. The molecule has 0 aliphatic heterocycles. The highest BCUT2D eigenvalue weighted by molar-refractivity contribution is 5.80. The first-order chi connectivity index (χ1) is 25.8. The standard InChI is InChI=1S/C44H84N2O7/c1-3-5-7-9-11-13-15-17-19-21-23-25-27-29-31-33-42(49)52-38-39(37-46-44(51)40(45)35-36-41(47)48)53-43(50)34-32-30-28-26-24-22-20-18-16-14-12-10-8-6-4-2/h39-40H,3-38,45H2,1-2H3,(H,46,51)(H,47,48)/p+1. The van der Waals surface area contributed by atoms with Crippen molar-refractivity contribution in [2.24, 2.45) is 0 Å². The van der Waals surface area contributed by atoms with E-state index in [4.69, 9.17) is 14.6 Å². The number of quaternary nitrogens is 1. The Labute approximate surface area is 325 Å². The SMILES string of the molecule is CCCCCCCCCCCCCCCCCC(=O)OCC(CNC(=O)C([NH3+])CCC(=O)O)OC(=O)CCCCCCCCCCCCCCCCC. The van der Waals surface area contributed by atoms with Gasteiger partial charge in [-0.2, -0.15) is 0 Å². The molecule has 0 rings (SSSR count). The minimum absolute atomic E-state index is 0.0191. The van der Waals surface area contributed by atoms with E-state index < -0.39 is 24.0 Å². The summed E-state index contributed by atoms with van der Waals surface area (Å²) < 4.78 is 11.1. The Morgan fingerprint density at radius 3 is 1.21 bits per heavy atom. The van der Waals surface area contributed by atoms with Crippen LogP contribution in [0.25, 0.3) is 0 Å². The highest BCUT2D eigenvalue weighted by Crippen LogP contribution is 2.16. The number of carboxylic acid groups (broad SMARTS) is 1. The normalized spacial score (nSPS) is 12.4. The number of hydrogen-bond acceptors (Lipinski definition) is 6. The summed E-state index contributed by atoms with van der Waals surface area (Å²) in [6.07, 6.45) is 37.4. The van der Waals surface area contributed by atoms with Gasteiger partial charge in [-0.25, -0.2) is 0 Å². The van der Waals surface area contributed by atoms with Crippen LogP contribution in [0.1, 0.15) is 232 Å². The largest absolute Gasteiger partial charge is 0.481 e. The molecule has 2 unspecified atom stereocenters. The van der Waals surface area contributed by atoms with Crippen LogP contribution < -0.4 is 11.1 Å². The average molecular weight is 754 g/mol. The summed E-state index contributed by atoms with van der Waals surface area (Å²) in [6, 6.07) is -0.740. The van der Waals surface area contributed by atoms with Crippen LogP contribution in [0.15, 0.2) is 0 Å². The Morgan fingerprint density at radius 1 is 0.509 bits per heavy atom. The Bertz CT molecular complexity index is 869. The molecule has 0 aromatic rings. The van der Waals surface area contributed by atoms with Crippen LogP contribution in [0.4, 0.5) is 0 Å². The van der Waals surface area contributed by atoms with E-state index in [-0.39, 0.29) is 44.4 Å². The molecule has 0 aromatic carbocycles. The Kier molecular flexibility index (Phi) is 37.9. The molecule has 312 valence electrons. The molecule has 2 atom stereocenters. The van der Waals surface area contributed by atoms with E-state index in [2.05, 4.69) is 24.9 Å². The fourth-order valence-electron chi connectivity index (χ4n) is 6.71. The molecule has 0 aliphatic rings. The monoisotopic (exact) mass is 754 g/mol. The van der Waals surface area contributed by atoms with E-state index in [0.29, 0.717) is 6.42 Å². The lowest BCUT2D eigenvalue weighted by Gasteiger charge is -2.19. The molecule has 0 radical (unpaired) electrons. The zero-order valence-corrected chi connectivity index (χ0v) is 34.7. The number of rotatable bonds is 41. The summed E-state index contributed by atoms with van der Waals surface area (Å²) in [7, 11) is 0. The maximum atomic E-state index is 12.7. The van der Waals surface area contributed by atoms with Gasteiger partial charge in [-0.05, 0) is 12.8 Å².